The summed E-state index contributed by atoms with van der Waals surface area (Å²) in [5.41, 5.74) is -0.406. The zero-order chi connectivity index (χ0) is 9.47. The summed E-state index contributed by atoms with van der Waals surface area (Å²) in [4.78, 5) is 4.79. The van der Waals surface area contributed by atoms with Crippen molar-refractivity contribution in [2.24, 2.45) is 0 Å². The minimum atomic E-state index is -0.406. The van der Waals surface area contributed by atoms with Gasteiger partial charge in [-0.15, -0.1) is 0 Å². The fourth-order valence-electron chi connectivity index (χ4n) is 2.55. The van der Waals surface area contributed by atoms with Crippen LogP contribution in [0.15, 0.2) is 0 Å². The first-order valence-corrected chi connectivity index (χ1v) is 5.22. The van der Waals surface area contributed by atoms with E-state index in [0.717, 1.165) is 25.7 Å². The molecule has 2 fully saturated rings. The first kappa shape index (κ1) is 9.44. The SMILES string of the molecule is CN1CCCC1CN1CC(C)(O)C1. The lowest BCUT2D eigenvalue weighted by Crippen LogP contribution is -2.61. The quantitative estimate of drug-likeness (QED) is 0.661. The first-order valence-electron chi connectivity index (χ1n) is 5.22. The molecule has 2 rings (SSSR count). The molecule has 0 saturated carbocycles. The molecule has 2 heterocycles. The van der Waals surface area contributed by atoms with Crippen molar-refractivity contribution in [3.05, 3.63) is 0 Å². The first-order chi connectivity index (χ1) is 6.07. The molecule has 0 spiro atoms. The third-order valence-corrected chi connectivity index (χ3v) is 3.27. The van der Waals surface area contributed by atoms with E-state index in [9.17, 15) is 5.11 Å². The van der Waals surface area contributed by atoms with E-state index in [0.29, 0.717) is 0 Å². The smallest absolute Gasteiger partial charge is 0.0872 e. The van der Waals surface area contributed by atoms with Gasteiger partial charge < -0.3 is 10.0 Å². The van der Waals surface area contributed by atoms with Gasteiger partial charge in [-0.3, -0.25) is 4.90 Å². The Morgan fingerprint density at radius 2 is 2.15 bits per heavy atom. The summed E-state index contributed by atoms with van der Waals surface area (Å²) in [7, 11) is 2.20. The second-order valence-electron chi connectivity index (χ2n) is 4.94. The highest BCUT2D eigenvalue weighted by Crippen LogP contribution is 2.23. The van der Waals surface area contributed by atoms with Crippen LogP contribution in [-0.4, -0.2) is 59.8 Å². The summed E-state index contributed by atoms with van der Waals surface area (Å²) in [6.45, 7) is 6.03. The van der Waals surface area contributed by atoms with Crippen molar-refractivity contribution in [1.29, 1.82) is 0 Å². The third-order valence-electron chi connectivity index (χ3n) is 3.27. The predicted octanol–water partition coefficient (Wildman–Crippen LogP) is 0.147. The molecular formula is C10H20N2O. The summed E-state index contributed by atoms with van der Waals surface area (Å²) in [5.74, 6) is 0. The van der Waals surface area contributed by atoms with Gasteiger partial charge in [-0.25, -0.2) is 0 Å². The van der Waals surface area contributed by atoms with Gasteiger partial charge in [0, 0.05) is 25.7 Å². The average molecular weight is 184 g/mol. The zero-order valence-electron chi connectivity index (χ0n) is 8.66. The number of likely N-dealkylation sites (N-methyl/N-ethyl adjacent to an activating group) is 1. The van der Waals surface area contributed by atoms with Gasteiger partial charge >= 0.3 is 0 Å². The van der Waals surface area contributed by atoms with E-state index < -0.39 is 5.60 Å². The van der Waals surface area contributed by atoms with Crippen molar-refractivity contribution in [3.8, 4) is 0 Å². The molecule has 0 aliphatic carbocycles. The van der Waals surface area contributed by atoms with Crippen molar-refractivity contribution in [1.82, 2.24) is 9.80 Å². The largest absolute Gasteiger partial charge is 0.388 e. The number of likely N-dealkylation sites (tertiary alicyclic amines) is 2. The lowest BCUT2D eigenvalue weighted by molar-refractivity contribution is -0.0886. The molecule has 13 heavy (non-hydrogen) atoms. The van der Waals surface area contributed by atoms with E-state index in [4.69, 9.17) is 0 Å². The molecule has 2 saturated heterocycles. The van der Waals surface area contributed by atoms with Gasteiger partial charge in [0.05, 0.1) is 5.60 Å². The summed E-state index contributed by atoms with van der Waals surface area (Å²) in [5, 5.41) is 9.57. The molecule has 0 radical (unpaired) electrons. The minimum absolute atomic E-state index is 0.406. The predicted molar refractivity (Wildman–Crippen MR) is 52.7 cm³/mol. The maximum absolute atomic E-state index is 9.57. The minimum Gasteiger partial charge on any atom is -0.388 e. The summed E-state index contributed by atoms with van der Waals surface area (Å²) < 4.78 is 0. The molecule has 0 aromatic heterocycles. The van der Waals surface area contributed by atoms with Gasteiger partial charge in [-0.1, -0.05) is 0 Å². The highest BCUT2D eigenvalue weighted by molar-refractivity contribution is 4.94. The highest BCUT2D eigenvalue weighted by atomic mass is 16.3. The number of rotatable bonds is 2. The molecule has 0 amide bonds. The van der Waals surface area contributed by atoms with E-state index in [1.807, 2.05) is 6.92 Å². The maximum Gasteiger partial charge on any atom is 0.0872 e. The molecule has 3 nitrogen and oxygen atoms in total. The van der Waals surface area contributed by atoms with Gasteiger partial charge in [0.1, 0.15) is 0 Å². The number of nitrogens with zero attached hydrogens (tertiary/aromatic N) is 2. The maximum atomic E-state index is 9.57. The highest BCUT2D eigenvalue weighted by Gasteiger charge is 2.38. The lowest BCUT2D eigenvalue weighted by Gasteiger charge is -2.45. The molecule has 2 aliphatic rings. The van der Waals surface area contributed by atoms with Crippen molar-refractivity contribution in [2.75, 3.05) is 33.2 Å². The number of hydrogen-bond donors (Lipinski definition) is 1. The second kappa shape index (κ2) is 3.23. The Hall–Kier alpha value is -0.120. The number of aliphatic hydroxyl groups is 1. The Labute approximate surface area is 80.3 Å². The van der Waals surface area contributed by atoms with Crippen LogP contribution in [0.1, 0.15) is 19.8 Å². The van der Waals surface area contributed by atoms with Crippen LogP contribution in [0.5, 0.6) is 0 Å². The standard InChI is InChI=1S/C10H20N2O/c1-10(13)7-12(8-10)6-9-4-3-5-11(9)2/h9,13H,3-8H2,1-2H3. The van der Waals surface area contributed by atoms with Crippen LogP contribution >= 0.6 is 0 Å². The van der Waals surface area contributed by atoms with E-state index in [-0.39, 0.29) is 0 Å². The van der Waals surface area contributed by atoms with E-state index >= 15 is 0 Å². The topological polar surface area (TPSA) is 26.7 Å². The van der Waals surface area contributed by atoms with Crippen LogP contribution in [0.2, 0.25) is 0 Å². The van der Waals surface area contributed by atoms with Crippen LogP contribution in [0.4, 0.5) is 0 Å². The molecule has 76 valence electrons. The molecule has 1 N–H and O–H groups in total. The Morgan fingerprint density at radius 3 is 2.62 bits per heavy atom. The Bertz CT molecular complexity index is 185. The zero-order valence-corrected chi connectivity index (χ0v) is 8.66. The molecule has 2 aliphatic heterocycles. The van der Waals surface area contributed by atoms with Crippen LogP contribution in [0.25, 0.3) is 0 Å². The van der Waals surface area contributed by atoms with Crippen molar-refractivity contribution >= 4 is 0 Å². The van der Waals surface area contributed by atoms with Crippen LogP contribution in [0, 0.1) is 0 Å². The number of β-amino-alcohol motifs (C(OH)–C–C–N with tert-alkyl or cyclic N) is 1. The van der Waals surface area contributed by atoms with E-state index in [1.54, 1.807) is 0 Å². The molecule has 3 heteroatoms. The fourth-order valence-corrected chi connectivity index (χ4v) is 2.55. The molecule has 1 unspecified atom stereocenters. The molecule has 0 bridgehead atoms. The van der Waals surface area contributed by atoms with Crippen molar-refractivity contribution < 1.29 is 5.11 Å². The lowest BCUT2D eigenvalue weighted by atomic mass is 9.96. The molecule has 1 atom stereocenters. The molecule has 0 aromatic rings. The average Bonchev–Trinajstić information content (AvgIpc) is 2.33. The van der Waals surface area contributed by atoms with E-state index in [1.165, 1.54) is 19.4 Å². The van der Waals surface area contributed by atoms with Gasteiger partial charge in [0.2, 0.25) is 0 Å². The van der Waals surface area contributed by atoms with Crippen molar-refractivity contribution in [2.45, 2.75) is 31.4 Å². The summed E-state index contributed by atoms with van der Waals surface area (Å²) in [6, 6.07) is 0.732. The third kappa shape index (κ3) is 2.03. The molecule has 0 aromatic carbocycles. The molecular weight excluding hydrogens is 164 g/mol. The van der Waals surface area contributed by atoms with Gasteiger partial charge in [-0.2, -0.15) is 0 Å². The fraction of sp³-hybridized carbons (Fsp3) is 1.00. The summed E-state index contributed by atoms with van der Waals surface area (Å²) in [6.07, 6.45) is 2.67. The van der Waals surface area contributed by atoms with Crippen LogP contribution in [-0.2, 0) is 0 Å². The summed E-state index contributed by atoms with van der Waals surface area (Å²) >= 11 is 0. The van der Waals surface area contributed by atoms with Gasteiger partial charge in [0.15, 0.2) is 0 Å². The van der Waals surface area contributed by atoms with Crippen molar-refractivity contribution in [3.63, 3.8) is 0 Å². The van der Waals surface area contributed by atoms with Gasteiger partial charge in [0.25, 0.3) is 0 Å². The Kier molecular flexibility index (Phi) is 2.34. The van der Waals surface area contributed by atoms with E-state index in [2.05, 4.69) is 16.8 Å². The number of hydrogen-bond acceptors (Lipinski definition) is 3. The monoisotopic (exact) mass is 184 g/mol. The Morgan fingerprint density at radius 1 is 1.46 bits per heavy atom. The second-order valence-corrected chi connectivity index (χ2v) is 4.94. The van der Waals surface area contributed by atoms with Crippen LogP contribution in [0.3, 0.4) is 0 Å². The van der Waals surface area contributed by atoms with Crippen LogP contribution < -0.4 is 0 Å². The normalized spacial score (nSPS) is 34.8. The van der Waals surface area contributed by atoms with Gasteiger partial charge in [-0.05, 0) is 33.4 Å². The Balaban J connectivity index is 1.74.